The van der Waals surface area contributed by atoms with E-state index in [2.05, 4.69) is 12.6 Å². The number of amides is 1. The average molecular weight is 259 g/mol. The second-order valence-electron chi connectivity index (χ2n) is 4.81. The third-order valence-electron chi connectivity index (χ3n) is 3.63. The van der Waals surface area contributed by atoms with Crippen LogP contribution < -0.4 is 4.74 Å². The monoisotopic (exact) mass is 259 g/mol. The number of hydrogen-bond acceptors (Lipinski definition) is 2. The first-order valence-corrected chi connectivity index (χ1v) is 6.81. The van der Waals surface area contributed by atoms with Crippen molar-refractivity contribution in [2.75, 3.05) is 13.7 Å². The lowest BCUT2D eigenvalue weighted by atomic mass is 10.0. The fraction of sp³-hybridized carbons (Fsp3) is 0.438. The van der Waals surface area contributed by atoms with E-state index >= 15 is 0 Å². The Kier molecular flexibility index (Phi) is 4.61. The van der Waals surface area contributed by atoms with Crippen LogP contribution in [0.25, 0.3) is 0 Å². The van der Waals surface area contributed by atoms with Crippen molar-refractivity contribution in [2.45, 2.75) is 31.7 Å². The molecule has 0 radical (unpaired) electrons. The molecule has 102 valence electrons. The zero-order valence-electron chi connectivity index (χ0n) is 11.5. The first-order valence-electron chi connectivity index (χ1n) is 6.81. The molecule has 1 aromatic carbocycles. The molecule has 2 rings (SSSR count). The van der Waals surface area contributed by atoms with Crippen LogP contribution in [0.2, 0.25) is 0 Å². The molecule has 0 aliphatic carbocycles. The number of para-hydroxylation sites is 1. The van der Waals surface area contributed by atoms with Crippen molar-refractivity contribution in [1.82, 2.24) is 4.90 Å². The van der Waals surface area contributed by atoms with Gasteiger partial charge in [0.2, 0.25) is 5.91 Å². The predicted octanol–water partition coefficient (Wildman–Crippen LogP) is 3.32. The minimum absolute atomic E-state index is 0.161. The second kappa shape index (κ2) is 6.41. The molecule has 0 aromatic heterocycles. The lowest BCUT2D eigenvalue weighted by molar-refractivity contribution is -0.132. The molecule has 1 aliphatic rings. The van der Waals surface area contributed by atoms with Gasteiger partial charge in [0.25, 0.3) is 0 Å². The Morgan fingerprint density at radius 2 is 2.32 bits per heavy atom. The van der Waals surface area contributed by atoms with Crippen LogP contribution in [-0.2, 0) is 4.79 Å². The molecule has 0 bridgehead atoms. The lowest BCUT2D eigenvalue weighted by Crippen LogP contribution is -2.30. The first kappa shape index (κ1) is 13.7. The van der Waals surface area contributed by atoms with E-state index in [1.165, 1.54) is 0 Å². The summed E-state index contributed by atoms with van der Waals surface area (Å²) in [7, 11) is 1.68. The number of nitrogens with zero attached hydrogens (tertiary/aromatic N) is 1. The zero-order chi connectivity index (χ0) is 13.7. The van der Waals surface area contributed by atoms with Gasteiger partial charge in [0, 0.05) is 18.5 Å². The Bertz CT molecular complexity index is 456. The van der Waals surface area contributed by atoms with E-state index in [4.69, 9.17) is 4.74 Å². The molecule has 0 N–H and O–H groups in total. The fourth-order valence-electron chi connectivity index (χ4n) is 2.70. The fourth-order valence-corrected chi connectivity index (χ4v) is 2.70. The molecule has 0 unspecified atom stereocenters. The van der Waals surface area contributed by atoms with Gasteiger partial charge in [-0.05, 0) is 25.3 Å². The Balaban J connectivity index is 2.18. The Morgan fingerprint density at radius 3 is 3.05 bits per heavy atom. The number of hydrogen-bond donors (Lipinski definition) is 0. The van der Waals surface area contributed by atoms with Crippen LogP contribution in [-0.4, -0.2) is 24.5 Å². The summed E-state index contributed by atoms with van der Waals surface area (Å²) in [6, 6.07) is 8.14. The van der Waals surface area contributed by atoms with Gasteiger partial charge in [0.05, 0.1) is 13.2 Å². The molecule has 1 amide bonds. The van der Waals surface area contributed by atoms with Gasteiger partial charge >= 0.3 is 0 Å². The Labute approximate surface area is 114 Å². The van der Waals surface area contributed by atoms with Crippen molar-refractivity contribution in [3.8, 4) is 5.75 Å². The number of likely N-dealkylation sites (tertiary alicyclic amines) is 1. The minimum Gasteiger partial charge on any atom is -0.496 e. The lowest BCUT2D eigenvalue weighted by Gasteiger charge is -2.26. The highest BCUT2D eigenvalue weighted by atomic mass is 16.5. The summed E-state index contributed by atoms with van der Waals surface area (Å²) in [5, 5.41) is 0. The first-order chi connectivity index (χ1) is 9.27. The quantitative estimate of drug-likeness (QED) is 0.759. The van der Waals surface area contributed by atoms with Crippen LogP contribution >= 0.6 is 0 Å². The summed E-state index contributed by atoms with van der Waals surface area (Å²) >= 11 is 0. The number of methoxy groups -OCH3 is 1. The SMILES string of the molecule is C=CCCC(=O)N1CCC[C@H]1c1ccccc1OC. The number of rotatable bonds is 5. The normalized spacial score (nSPS) is 18.4. The van der Waals surface area contributed by atoms with Crippen molar-refractivity contribution >= 4 is 5.91 Å². The molecule has 3 heteroatoms. The third-order valence-corrected chi connectivity index (χ3v) is 3.63. The Hall–Kier alpha value is -1.77. The topological polar surface area (TPSA) is 29.5 Å². The minimum atomic E-state index is 0.161. The van der Waals surface area contributed by atoms with Crippen LogP contribution in [0.1, 0.15) is 37.3 Å². The maximum Gasteiger partial charge on any atom is 0.223 e. The summed E-state index contributed by atoms with van der Waals surface area (Å²) in [5.41, 5.74) is 1.12. The molecule has 1 aliphatic heterocycles. The molecular formula is C16H21NO2. The van der Waals surface area contributed by atoms with Crippen LogP contribution in [0, 0.1) is 0 Å². The van der Waals surface area contributed by atoms with Crippen LogP contribution in [0.15, 0.2) is 36.9 Å². The predicted molar refractivity (Wildman–Crippen MR) is 76.1 cm³/mol. The van der Waals surface area contributed by atoms with Gasteiger partial charge in [0.1, 0.15) is 5.75 Å². The zero-order valence-corrected chi connectivity index (χ0v) is 11.5. The third kappa shape index (κ3) is 2.98. The van der Waals surface area contributed by atoms with Gasteiger partial charge in [-0.2, -0.15) is 0 Å². The highest BCUT2D eigenvalue weighted by Gasteiger charge is 2.30. The van der Waals surface area contributed by atoms with E-state index in [1.807, 2.05) is 23.1 Å². The molecular weight excluding hydrogens is 238 g/mol. The molecule has 1 heterocycles. The van der Waals surface area contributed by atoms with Crippen LogP contribution in [0.5, 0.6) is 5.75 Å². The maximum absolute atomic E-state index is 12.2. The number of carbonyl (C=O) groups excluding carboxylic acids is 1. The van der Waals surface area contributed by atoms with Crippen LogP contribution in [0.3, 0.4) is 0 Å². The van der Waals surface area contributed by atoms with Crippen molar-refractivity contribution in [1.29, 1.82) is 0 Å². The van der Waals surface area contributed by atoms with E-state index in [0.717, 1.165) is 37.1 Å². The van der Waals surface area contributed by atoms with Gasteiger partial charge in [-0.3, -0.25) is 4.79 Å². The summed E-state index contributed by atoms with van der Waals surface area (Å²) in [6.45, 7) is 4.52. The largest absolute Gasteiger partial charge is 0.496 e. The van der Waals surface area contributed by atoms with E-state index in [9.17, 15) is 4.79 Å². The Morgan fingerprint density at radius 1 is 1.53 bits per heavy atom. The summed E-state index contributed by atoms with van der Waals surface area (Å²) in [5.74, 6) is 1.09. The second-order valence-corrected chi connectivity index (χ2v) is 4.81. The summed E-state index contributed by atoms with van der Waals surface area (Å²) in [4.78, 5) is 14.2. The van der Waals surface area contributed by atoms with Crippen molar-refractivity contribution in [3.63, 3.8) is 0 Å². The number of ether oxygens (including phenoxy) is 1. The van der Waals surface area contributed by atoms with Gasteiger partial charge < -0.3 is 9.64 Å². The molecule has 19 heavy (non-hydrogen) atoms. The number of benzene rings is 1. The molecule has 1 atom stereocenters. The van der Waals surface area contributed by atoms with Crippen molar-refractivity contribution < 1.29 is 9.53 Å². The number of allylic oxidation sites excluding steroid dienone is 1. The van der Waals surface area contributed by atoms with Gasteiger partial charge in [0.15, 0.2) is 0 Å². The van der Waals surface area contributed by atoms with E-state index in [0.29, 0.717) is 6.42 Å². The van der Waals surface area contributed by atoms with E-state index < -0.39 is 0 Å². The molecule has 0 spiro atoms. The van der Waals surface area contributed by atoms with E-state index in [1.54, 1.807) is 13.2 Å². The maximum atomic E-state index is 12.2. The molecule has 1 saturated heterocycles. The molecule has 0 saturated carbocycles. The average Bonchev–Trinajstić information content (AvgIpc) is 2.94. The molecule has 1 aromatic rings. The summed E-state index contributed by atoms with van der Waals surface area (Å²) < 4.78 is 5.41. The number of carbonyl (C=O) groups is 1. The smallest absolute Gasteiger partial charge is 0.223 e. The highest BCUT2D eigenvalue weighted by Crippen LogP contribution is 2.37. The molecule has 1 fully saturated rings. The highest BCUT2D eigenvalue weighted by molar-refractivity contribution is 5.77. The summed E-state index contributed by atoms with van der Waals surface area (Å²) in [6.07, 6.45) is 5.16. The van der Waals surface area contributed by atoms with Gasteiger partial charge in [-0.15, -0.1) is 6.58 Å². The van der Waals surface area contributed by atoms with Gasteiger partial charge in [-0.1, -0.05) is 24.3 Å². The standard InChI is InChI=1S/C16H21NO2/c1-3-4-11-16(18)17-12-7-9-14(17)13-8-5-6-10-15(13)19-2/h3,5-6,8,10,14H,1,4,7,9,11-12H2,2H3/t14-/m0/s1. The molecule has 3 nitrogen and oxygen atoms in total. The van der Waals surface area contributed by atoms with Crippen molar-refractivity contribution in [2.24, 2.45) is 0 Å². The van der Waals surface area contributed by atoms with Crippen LogP contribution in [0.4, 0.5) is 0 Å². The van der Waals surface area contributed by atoms with Gasteiger partial charge in [-0.25, -0.2) is 0 Å². The van der Waals surface area contributed by atoms with Crippen molar-refractivity contribution in [3.05, 3.63) is 42.5 Å². The van der Waals surface area contributed by atoms with E-state index in [-0.39, 0.29) is 11.9 Å².